The molecule has 17 heavy (non-hydrogen) atoms. The van der Waals surface area contributed by atoms with Crippen LogP contribution in [0.15, 0.2) is 22.7 Å². The molecule has 1 aromatic rings. The third-order valence-electron chi connectivity index (χ3n) is 2.19. The van der Waals surface area contributed by atoms with Gasteiger partial charge in [-0.05, 0) is 53.4 Å². The van der Waals surface area contributed by atoms with Crippen molar-refractivity contribution in [1.29, 1.82) is 0 Å². The predicted octanol–water partition coefficient (Wildman–Crippen LogP) is 3.61. The topological polar surface area (TPSA) is 46.5 Å². The minimum absolute atomic E-state index is 0.197. The fourth-order valence-corrected chi connectivity index (χ4v) is 1.67. The van der Waals surface area contributed by atoms with Gasteiger partial charge in [-0.3, -0.25) is 4.79 Å². The molecule has 1 N–H and O–H groups in total. The fourth-order valence-electron chi connectivity index (χ4n) is 1.31. The molecule has 94 valence electrons. The second kappa shape index (κ2) is 7.27. The molecule has 3 nitrogen and oxygen atoms in total. The highest BCUT2D eigenvalue weighted by molar-refractivity contribution is 9.10. The lowest BCUT2D eigenvalue weighted by molar-refractivity contribution is -0.137. The number of hydrogen-bond acceptors (Lipinski definition) is 2. The van der Waals surface area contributed by atoms with Gasteiger partial charge in [0.05, 0.1) is 11.1 Å². The lowest BCUT2D eigenvalue weighted by Gasteiger charge is -2.06. The van der Waals surface area contributed by atoms with Crippen LogP contribution in [-0.2, 0) is 4.79 Å². The van der Waals surface area contributed by atoms with E-state index in [0.29, 0.717) is 23.2 Å². The summed E-state index contributed by atoms with van der Waals surface area (Å²) in [4.78, 5) is 10.3. The Bertz CT molecular complexity index is 382. The number of halogens is 2. The molecule has 0 radical (unpaired) electrons. The van der Waals surface area contributed by atoms with Crippen molar-refractivity contribution < 1.29 is 19.0 Å². The molecule has 1 aromatic carbocycles. The van der Waals surface area contributed by atoms with Crippen LogP contribution >= 0.6 is 15.9 Å². The number of hydrogen-bond donors (Lipinski definition) is 1. The quantitative estimate of drug-likeness (QED) is 0.783. The van der Waals surface area contributed by atoms with E-state index in [1.165, 1.54) is 6.07 Å². The highest BCUT2D eigenvalue weighted by Gasteiger charge is 2.01. The number of carboxylic acid groups (broad SMARTS) is 1. The molecule has 0 saturated carbocycles. The van der Waals surface area contributed by atoms with Gasteiger partial charge in [0.2, 0.25) is 0 Å². The van der Waals surface area contributed by atoms with Crippen LogP contribution in [0.25, 0.3) is 0 Å². The number of aliphatic carboxylic acids is 1. The number of ether oxygens (including phenoxy) is 1. The fraction of sp³-hybridized carbons (Fsp3) is 0.417. The van der Waals surface area contributed by atoms with Crippen LogP contribution in [0.2, 0.25) is 0 Å². The molecule has 0 fully saturated rings. The van der Waals surface area contributed by atoms with Crippen LogP contribution < -0.4 is 4.74 Å². The summed E-state index contributed by atoms with van der Waals surface area (Å²) in [5.74, 6) is -0.483. The molecule has 5 heteroatoms. The van der Waals surface area contributed by atoms with Crippen molar-refractivity contribution in [2.45, 2.75) is 25.7 Å². The smallest absolute Gasteiger partial charge is 0.303 e. The van der Waals surface area contributed by atoms with Crippen LogP contribution in [-0.4, -0.2) is 17.7 Å². The molecule has 0 aliphatic rings. The van der Waals surface area contributed by atoms with Gasteiger partial charge in [-0.2, -0.15) is 0 Å². The van der Waals surface area contributed by atoms with Crippen LogP contribution in [0.4, 0.5) is 4.39 Å². The Morgan fingerprint density at radius 1 is 1.35 bits per heavy atom. The maximum atomic E-state index is 12.9. The monoisotopic (exact) mass is 304 g/mol. The van der Waals surface area contributed by atoms with Gasteiger partial charge in [-0.25, -0.2) is 4.39 Å². The predicted molar refractivity (Wildman–Crippen MR) is 65.7 cm³/mol. The Morgan fingerprint density at radius 3 is 2.76 bits per heavy atom. The first-order valence-electron chi connectivity index (χ1n) is 5.39. The van der Waals surface area contributed by atoms with Crippen molar-refractivity contribution in [3.05, 3.63) is 28.5 Å². The summed E-state index contributed by atoms with van der Waals surface area (Å²) >= 11 is 3.08. The van der Waals surface area contributed by atoms with E-state index < -0.39 is 5.97 Å². The normalized spacial score (nSPS) is 10.2. The summed E-state index contributed by atoms with van der Waals surface area (Å²) < 4.78 is 18.7. The van der Waals surface area contributed by atoms with Crippen molar-refractivity contribution in [2.75, 3.05) is 6.61 Å². The summed E-state index contributed by atoms with van der Waals surface area (Å²) in [6.45, 7) is 0.512. The van der Waals surface area contributed by atoms with Crippen molar-refractivity contribution in [2.24, 2.45) is 0 Å². The number of carbonyl (C=O) groups is 1. The third-order valence-corrected chi connectivity index (χ3v) is 2.80. The van der Waals surface area contributed by atoms with Crippen LogP contribution in [0.1, 0.15) is 25.7 Å². The van der Waals surface area contributed by atoms with Gasteiger partial charge in [0.1, 0.15) is 11.6 Å². The number of carboxylic acids is 1. The van der Waals surface area contributed by atoms with Gasteiger partial charge >= 0.3 is 5.97 Å². The Hall–Kier alpha value is -1.10. The maximum Gasteiger partial charge on any atom is 0.303 e. The SMILES string of the molecule is O=C(O)CCCCCOc1ccc(F)c(Br)c1. The summed E-state index contributed by atoms with van der Waals surface area (Å²) in [6, 6.07) is 4.48. The maximum absolute atomic E-state index is 12.9. The molecule has 0 aliphatic heterocycles. The molecule has 0 aromatic heterocycles. The molecule has 0 heterocycles. The highest BCUT2D eigenvalue weighted by atomic mass is 79.9. The van der Waals surface area contributed by atoms with Gasteiger partial charge in [0.25, 0.3) is 0 Å². The highest BCUT2D eigenvalue weighted by Crippen LogP contribution is 2.21. The van der Waals surface area contributed by atoms with E-state index in [-0.39, 0.29) is 12.2 Å². The zero-order chi connectivity index (χ0) is 12.7. The lowest BCUT2D eigenvalue weighted by Crippen LogP contribution is -1.99. The molecule has 0 aliphatic carbocycles. The Kier molecular flexibility index (Phi) is 5.97. The van der Waals surface area contributed by atoms with Crippen molar-refractivity contribution in [3.63, 3.8) is 0 Å². The van der Waals surface area contributed by atoms with Crippen molar-refractivity contribution in [1.82, 2.24) is 0 Å². The van der Waals surface area contributed by atoms with E-state index >= 15 is 0 Å². The molecule has 0 saturated heterocycles. The van der Waals surface area contributed by atoms with Crippen LogP contribution in [0.5, 0.6) is 5.75 Å². The first kappa shape index (κ1) is 14.0. The average molecular weight is 305 g/mol. The standard InChI is InChI=1S/C12H14BrFO3/c13-10-8-9(5-6-11(10)14)17-7-3-1-2-4-12(15)16/h5-6,8H,1-4,7H2,(H,15,16). The largest absolute Gasteiger partial charge is 0.494 e. The Labute approximate surface area is 108 Å². The number of rotatable bonds is 7. The Balaban J connectivity index is 2.18. The van der Waals surface area contributed by atoms with Crippen molar-refractivity contribution in [3.8, 4) is 5.75 Å². The molecular weight excluding hydrogens is 291 g/mol. The van der Waals surface area contributed by atoms with Gasteiger partial charge in [0.15, 0.2) is 0 Å². The van der Waals surface area contributed by atoms with E-state index in [9.17, 15) is 9.18 Å². The molecule has 1 rings (SSSR count). The lowest BCUT2D eigenvalue weighted by atomic mass is 10.2. The molecule has 0 atom stereocenters. The van der Waals surface area contributed by atoms with Crippen LogP contribution in [0, 0.1) is 5.82 Å². The second-order valence-corrected chi connectivity index (χ2v) is 4.48. The zero-order valence-electron chi connectivity index (χ0n) is 9.29. The van der Waals surface area contributed by atoms with E-state index in [2.05, 4.69) is 15.9 Å². The van der Waals surface area contributed by atoms with E-state index in [1.807, 2.05) is 0 Å². The first-order valence-corrected chi connectivity index (χ1v) is 6.18. The summed E-state index contributed by atoms with van der Waals surface area (Å²) in [5, 5.41) is 8.43. The minimum atomic E-state index is -0.770. The van der Waals surface area contributed by atoms with E-state index in [1.54, 1.807) is 12.1 Å². The van der Waals surface area contributed by atoms with E-state index in [0.717, 1.165) is 12.8 Å². The summed E-state index contributed by atoms with van der Waals surface area (Å²) in [7, 11) is 0. The van der Waals surface area contributed by atoms with E-state index in [4.69, 9.17) is 9.84 Å². The minimum Gasteiger partial charge on any atom is -0.494 e. The summed E-state index contributed by atoms with van der Waals surface area (Å²) in [5.41, 5.74) is 0. The summed E-state index contributed by atoms with van der Waals surface area (Å²) in [6.07, 6.45) is 2.46. The van der Waals surface area contributed by atoms with Gasteiger partial charge in [-0.15, -0.1) is 0 Å². The molecule has 0 amide bonds. The van der Waals surface area contributed by atoms with Crippen molar-refractivity contribution >= 4 is 21.9 Å². The average Bonchev–Trinajstić information content (AvgIpc) is 2.27. The molecule has 0 spiro atoms. The first-order chi connectivity index (χ1) is 8.09. The number of benzene rings is 1. The Morgan fingerprint density at radius 2 is 2.12 bits per heavy atom. The number of unbranched alkanes of at least 4 members (excludes halogenated alkanes) is 2. The third kappa shape index (κ3) is 5.68. The van der Waals surface area contributed by atoms with Gasteiger partial charge in [0, 0.05) is 6.42 Å². The molecular formula is C12H14BrFO3. The molecule has 0 bridgehead atoms. The van der Waals surface area contributed by atoms with Gasteiger partial charge < -0.3 is 9.84 Å². The molecule has 0 unspecified atom stereocenters. The van der Waals surface area contributed by atoms with Crippen LogP contribution in [0.3, 0.4) is 0 Å². The van der Waals surface area contributed by atoms with Gasteiger partial charge in [-0.1, -0.05) is 0 Å². The second-order valence-electron chi connectivity index (χ2n) is 3.63. The zero-order valence-corrected chi connectivity index (χ0v) is 10.9.